The van der Waals surface area contributed by atoms with Gasteiger partial charge in [0.2, 0.25) is 0 Å². The highest BCUT2D eigenvalue weighted by molar-refractivity contribution is 9.10. The summed E-state index contributed by atoms with van der Waals surface area (Å²) in [5.74, 6) is 0.211. The predicted molar refractivity (Wildman–Crippen MR) is 75.6 cm³/mol. The number of rotatable bonds is 1. The van der Waals surface area contributed by atoms with Gasteiger partial charge in [0.25, 0.3) is 0 Å². The average Bonchev–Trinajstić information content (AvgIpc) is 2.52. The van der Waals surface area contributed by atoms with Gasteiger partial charge < -0.3 is 15.5 Å². The lowest BCUT2D eigenvalue weighted by Gasteiger charge is -2.19. The van der Waals surface area contributed by atoms with Gasteiger partial charge in [0, 0.05) is 10.9 Å². The summed E-state index contributed by atoms with van der Waals surface area (Å²) in [4.78, 5) is 15.0. The molecular weight excluding hydrogens is 296 g/mol. The van der Waals surface area contributed by atoms with Crippen LogP contribution in [0.4, 0.5) is 5.82 Å². The minimum atomic E-state index is -0.500. The van der Waals surface area contributed by atoms with Crippen molar-refractivity contribution in [3.8, 4) is 0 Å². The second kappa shape index (κ2) is 4.31. The van der Waals surface area contributed by atoms with Crippen molar-refractivity contribution in [1.82, 2.24) is 4.98 Å². The number of esters is 1. The Labute approximate surface area is 114 Å². The lowest BCUT2D eigenvalue weighted by Crippen LogP contribution is -2.23. The standard InChI is InChI=1S/C13H15BrN2O2/c1-13(2,3)18-12(17)7-4-5-9-8(6-7)10(14)11(15)16-9/h4-6,16H,15H2,1-3H3. The summed E-state index contributed by atoms with van der Waals surface area (Å²) >= 11 is 3.39. The topological polar surface area (TPSA) is 68.1 Å². The van der Waals surface area contributed by atoms with Crippen molar-refractivity contribution >= 4 is 38.6 Å². The van der Waals surface area contributed by atoms with Crippen LogP contribution in [0.2, 0.25) is 0 Å². The third kappa shape index (κ3) is 2.51. The molecule has 0 saturated heterocycles. The van der Waals surface area contributed by atoms with Gasteiger partial charge in [-0.3, -0.25) is 0 Å². The van der Waals surface area contributed by atoms with Crippen LogP contribution in [-0.2, 0) is 4.74 Å². The van der Waals surface area contributed by atoms with E-state index < -0.39 is 5.60 Å². The average molecular weight is 311 g/mol. The molecule has 18 heavy (non-hydrogen) atoms. The van der Waals surface area contributed by atoms with E-state index in [-0.39, 0.29) is 5.97 Å². The fourth-order valence-corrected chi connectivity index (χ4v) is 2.07. The molecule has 1 aromatic carbocycles. The number of nitrogens with two attached hydrogens (primary N) is 1. The van der Waals surface area contributed by atoms with Crippen molar-refractivity contribution in [2.24, 2.45) is 0 Å². The summed E-state index contributed by atoms with van der Waals surface area (Å²) < 4.78 is 6.09. The highest BCUT2D eigenvalue weighted by Gasteiger charge is 2.18. The zero-order valence-corrected chi connectivity index (χ0v) is 12.1. The molecule has 0 spiro atoms. The van der Waals surface area contributed by atoms with Crippen LogP contribution in [0.5, 0.6) is 0 Å². The van der Waals surface area contributed by atoms with Crippen LogP contribution < -0.4 is 5.73 Å². The Hall–Kier alpha value is -1.49. The van der Waals surface area contributed by atoms with E-state index in [2.05, 4.69) is 20.9 Å². The number of nitrogens with one attached hydrogen (secondary N) is 1. The number of nitrogen functional groups attached to an aromatic ring is 1. The van der Waals surface area contributed by atoms with Crippen LogP contribution in [-0.4, -0.2) is 16.6 Å². The Kier molecular flexibility index (Phi) is 3.11. The molecule has 0 aliphatic carbocycles. The van der Waals surface area contributed by atoms with Gasteiger partial charge in [-0.1, -0.05) is 0 Å². The monoisotopic (exact) mass is 310 g/mol. The highest BCUT2D eigenvalue weighted by atomic mass is 79.9. The van der Waals surface area contributed by atoms with Crippen LogP contribution in [0.1, 0.15) is 31.1 Å². The number of hydrogen-bond acceptors (Lipinski definition) is 3. The van der Waals surface area contributed by atoms with Crippen molar-refractivity contribution < 1.29 is 9.53 Å². The minimum absolute atomic E-state index is 0.337. The van der Waals surface area contributed by atoms with E-state index in [1.54, 1.807) is 12.1 Å². The fourth-order valence-electron chi connectivity index (χ4n) is 1.64. The molecule has 2 rings (SSSR count). The first-order chi connectivity index (χ1) is 8.28. The number of carbonyl (C=O) groups is 1. The first-order valence-electron chi connectivity index (χ1n) is 5.58. The van der Waals surface area contributed by atoms with Gasteiger partial charge in [0.05, 0.1) is 10.0 Å². The molecule has 0 fully saturated rings. The lowest BCUT2D eigenvalue weighted by molar-refractivity contribution is 0.00697. The van der Waals surface area contributed by atoms with Gasteiger partial charge >= 0.3 is 5.97 Å². The van der Waals surface area contributed by atoms with Crippen LogP contribution in [0, 0.1) is 0 Å². The molecule has 0 unspecified atom stereocenters. The smallest absolute Gasteiger partial charge is 0.338 e. The number of anilines is 1. The Morgan fingerprint density at radius 2 is 2.06 bits per heavy atom. The van der Waals surface area contributed by atoms with E-state index in [4.69, 9.17) is 10.5 Å². The summed E-state index contributed by atoms with van der Waals surface area (Å²) in [7, 11) is 0. The quantitative estimate of drug-likeness (QED) is 0.792. The van der Waals surface area contributed by atoms with Crippen LogP contribution in [0.15, 0.2) is 22.7 Å². The summed E-state index contributed by atoms with van der Waals surface area (Å²) in [5.41, 5.74) is 6.65. The predicted octanol–water partition coefficient (Wildman–Crippen LogP) is 3.47. The van der Waals surface area contributed by atoms with E-state index in [0.29, 0.717) is 11.4 Å². The van der Waals surface area contributed by atoms with E-state index >= 15 is 0 Å². The van der Waals surface area contributed by atoms with Crippen molar-refractivity contribution in [2.75, 3.05) is 5.73 Å². The molecule has 0 aliphatic rings. The second-order valence-corrected chi connectivity index (χ2v) is 5.91. The van der Waals surface area contributed by atoms with E-state index in [9.17, 15) is 4.79 Å². The van der Waals surface area contributed by atoms with Gasteiger partial charge in [-0.05, 0) is 54.9 Å². The first kappa shape index (κ1) is 13.0. The van der Waals surface area contributed by atoms with E-state index in [1.807, 2.05) is 26.8 Å². The second-order valence-electron chi connectivity index (χ2n) is 5.11. The van der Waals surface area contributed by atoms with Crippen molar-refractivity contribution in [3.05, 3.63) is 28.2 Å². The molecule has 0 atom stereocenters. The molecule has 1 heterocycles. The normalized spacial score (nSPS) is 11.8. The molecule has 5 heteroatoms. The van der Waals surface area contributed by atoms with Gasteiger partial charge in [-0.15, -0.1) is 0 Å². The molecule has 0 amide bonds. The minimum Gasteiger partial charge on any atom is -0.456 e. The molecule has 0 saturated carbocycles. The number of H-pyrrole nitrogens is 1. The van der Waals surface area contributed by atoms with Crippen LogP contribution in [0.3, 0.4) is 0 Å². The maximum absolute atomic E-state index is 11.9. The number of aromatic amines is 1. The fraction of sp³-hybridized carbons (Fsp3) is 0.308. The molecule has 0 aliphatic heterocycles. The summed E-state index contributed by atoms with van der Waals surface area (Å²) in [5, 5.41) is 0.871. The van der Waals surface area contributed by atoms with E-state index in [0.717, 1.165) is 15.4 Å². The van der Waals surface area contributed by atoms with Gasteiger partial charge in [0.15, 0.2) is 0 Å². The Morgan fingerprint density at radius 1 is 1.39 bits per heavy atom. The number of benzene rings is 1. The Morgan fingerprint density at radius 3 is 2.67 bits per heavy atom. The largest absolute Gasteiger partial charge is 0.456 e. The lowest BCUT2D eigenvalue weighted by atomic mass is 10.1. The third-order valence-electron chi connectivity index (χ3n) is 2.40. The summed E-state index contributed by atoms with van der Waals surface area (Å²) in [6, 6.07) is 5.30. The molecule has 3 N–H and O–H groups in total. The number of halogens is 1. The Balaban J connectivity index is 2.41. The van der Waals surface area contributed by atoms with Crippen LogP contribution >= 0.6 is 15.9 Å². The van der Waals surface area contributed by atoms with Gasteiger partial charge in [-0.25, -0.2) is 4.79 Å². The number of fused-ring (bicyclic) bond motifs is 1. The molecule has 0 radical (unpaired) electrons. The van der Waals surface area contributed by atoms with Crippen molar-refractivity contribution in [3.63, 3.8) is 0 Å². The van der Waals surface area contributed by atoms with Crippen LogP contribution in [0.25, 0.3) is 10.9 Å². The summed E-state index contributed by atoms with van der Waals surface area (Å²) in [6.07, 6.45) is 0. The maximum Gasteiger partial charge on any atom is 0.338 e. The van der Waals surface area contributed by atoms with Gasteiger partial charge in [0.1, 0.15) is 11.4 Å². The Bertz CT molecular complexity index is 611. The molecule has 2 aromatic rings. The molecule has 4 nitrogen and oxygen atoms in total. The number of hydrogen-bond donors (Lipinski definition) is 2. The van der Waals surface area contributed by atoms with E-state index in [1.165, 1.54) is 0 Å². The zero-order valence-electron chi connectivity index (χ0n) is 10.5. The SMILES string of the molecule is CC(C)(C)OC(=O)c1ccc2[nH]c(N)c(Br)c2c1. The first-order valence-corrected chi connectivity index (χ1v) is 6.37. The molecule has 0 bridgehead atoms. The zero-order chi connectivity index (χ0) is 13.5. The van der Waals surface area contributed by atoms with Crippen molar-refractivity contribution in [2.45, 2.75) is 26.4 Å². The summed E-state index contributed by atoms with van der Waals surface area (Å²) in [6.45, 7) is 5.52. The van der Waals surface area contributed by atoms with Crippen molar-refractivity contribution in [1.29, 1.82) is 0 Å². The third-order valence-corrected chi connectivity index (χ3v) is 3.25. The number of aromatic nitrogens is 1. The highest BCUT2D eigenvalue weighted by Crippen LogP contribution is 2.30. The van der Waals surface area contributed by atoms with Gasteiger partial charge in [-0.2, -0.15) is 0 Å². The molecule has 1 aromatic heterocycles. The molecule has 96 valence electrons. The number of ether oxygens (including phenoxy) is 1. The maximum atomic E-state index is 11.9. The molecular formula is C13H15BrN2O2. The number of carbonyl (C=O) groups excluding carboxylic acids is 1.